The first kappa shape index (κ1) is 21.8. The molecule has 0 N–H and O–H groups in total. The summed E-state index contributed by atoms with van der Waals surface area (Å²) in [7, 11) is 0. The average Bonchev–Trinajstić information content (AvgIpc) is 3.12. The van der Waals surface area contributed by atoms with Crippen molar-refractivity contribution < 1.29 is 19.2 Å². The number of carbonyl (C=O) groups is 2. The van der Waals surface area contributed by atoms with Gasteiger partial charge in [-0.1, -0.05) is 61.2 Å². The van der Waals surface area contributed by atoms with Gasteiger partial charge < -0.3 is 4.74 Å². The topological polar surface area (TPSA) is 102 Å². The normalized spacial score (nSPS) is 20.1. The number of fused-ring (bicyclic) bond motifs is 1. The third-order valence-corrected chi connectivity index (χ3v) is 6.67. The lowest BCUT2D eigenvalue weighted by atomic mass is 9.94. The Morgan fingerprint density at radius 2 is 1.97 bits per heavy atom. The molecule has 0 aliphatic carbocycles. The Labute approximate surface area is 189 Å². The molecule has 0 aromatic heterocycles. The number of allylic oxidation sites excluding steroid dienone is 1. The molecule has 2 aliphatic rings. The molecule has 2 heterocycles. The van der Waals surface area contributed by atoms with E-state index < -0.39 is 16.9 Å². The number of nitrogens with zero attached hydrogens (tertiary/aromatic N) is 3. The lowest BCUT2D eigenvalue weighted by molar-refractivity contribution is -0.384. The van der Waals surface area contributed by atoms with E-state index in [4.69, 9.17) is 4.74 Å². The van der Waals surface area contributed by atoms with Crippen LogP contribution in [0.15, 0.2) is 70.9 Å². The molecule has 8 nitrogen and oxygen atoms in total. The van der Waals surface area contributed by atoms with Gasteiger partial charge in [0, 0.05) is 12.1 Å². The standard InChI is InChI=1S/C23H21N3O5S/c1-3-18-21(27)25-20(16-10-7-11-17(12-16)26(29)30)19(14(2)24-23(25)32-18)22(28)31-13-15-8-5-4-6-9-15/h4-12,18,20H,3,13H2,1-2H3/t18-,20+/m0/s1. The number of nitro benzene ring substituents is 1. The maximum Gasteiger partial charge on any atom is 0.338 e. The first-order valence-corrected chi connectivity index (χ1v) is 11.0. The van der Waals surface area contributed by atoms with Gasteiger partial charge in [-0.05, 0) is 24.5 Å². The number of rotatable bonds is 6. The molecule has 2 aromatic rings. The zero-order valence-corrected chi connectivity index (χ0v) is 18.4. The third kappa shape index (κ3) is 4.03. The number of ether oxygens (including phenoxy) is 1. The van der Waals surface area contributed by atoms with Crippen molar-refractivity contribution >= 4 is 34.5 Å². The lowest BCUT2D eigenvalue weighted by Crippen LogP contribution is -2.40. The molecule has 164 valence electrons. The van der Waals surface area contributed by atoms with Crippen molar-refractivity contribution in [2.24, 2.45) is 4.99 Å². The largest absolute Gasteiger partial charge is 0.457 e. The number of thioether (sulfide) groups is 1. The molecule has 9 heteroatoms. The second-order valence-corrected chi connectivity index (χ2v) is 8.60. The Kier molecular flexibility index (Phi) is 6.09. The van der Waals surface area contributed by atoms with Gasteiger partial charge in [0.25, 0.3) is 5.69 Å². The zero-order chi connectivity index (χ0) is 22.8. The molecule has 0 radical (unpaired) electrons. The van der Waals surface area contributed by atoms with Gasteiger partial charge in [0.05, 0.1) is 27.5 Å². The number of hydrogen-bond donors (Lipinski definition) is 0. The minimum atomic E-state index is -0.845. The van der Waals surface area contributed by atoms with Gasteiger partial charge in [-0.25, -0.2) is 9.79 Å². The number of aliphatic imine (C=N–C) groups is 1. The number of benzene rings is 2. The van der Waals surface area contributed by atoms with Crippen LogP contribution < -0.4 is 0 Å². The van der Waals surface area contributed by atoms with Crippen LogP contribution in [0, 0.1) is 10.1 Å². The zero-order valence-electron chi connectivity index (χ0n) is 17.6. The van der Waals surface area contributed by atoms with Crippen LogP contribution in [0.3, 0.4) is 0 Å². The summed E-state index contributed by atoms with van der Waals surface area (Å²) in [4.78, 5) is 43.2. The minimum Gasteiger partial charge on any atom is -0.457 e. The summed E-state index contributed by atoms with van der Waals surface area (Å²) in [5.74, 6) is -0.781. The van der Waals surface area contributed by atoms with Crippen LogP contribution >= 0.6 is 11.8 Å². The minimum absolute atomic E-state index is 0.0644. The van der Waals surface area contributed by atoms with Gasteiger partial charge in [-0.2, -0.15) is 0 Å². The van der Waals surface area contributed by atoms with Crippen LogP contribution in [0.5, 0.6) is 0 Å². The van der Waals surface area contributed by atoms with Crippen LogP contribution in [0.2, 0.25) is 0 Å². The molecule has 1 saturated heterocycles. The molecule has 1 fully saturated rings. The summed E-state index contributed by atoms with van der Waals surface area (Å²) in [6.07, 6.45) is 0.605. The number of hydrogen-bond acceptors (Lipinski definition) is 7. The van der Waals surface area contributed by atoms with E-state index in [2.05, 4.69) is 4.99 Å². The number of amidine groups is 1. The average molecular weight is 452 g/mol. The van der Waals surface area contributed by atoms with Crippen molar-refractivity contribution in [3.63, 3.8) is 0 Å². The maximum atomic E-state index is 13.2. The highest BCUT2D eigenvalue weighted by molar-refractivity contribution is 8.15. The number of nitro groups is 1. The molecule has 32 heavy (non-hydrogen) atoms. The van der Waals surface area contributed by atoms with Crippen molar-refractivity contribution in [1.29, 1.82) is 0 Å². The number of esters is 1. The first-order chi connectivity index (χ1) is 15.4. The molecule has 2 aliphatic heterocycles. The SMILES string of the molecule is CC[C@@H]1SC2=NC(C)=C(C(=O)OCc3ccccc3)[C@@H](c3cccc([N+](=O)[O-])c3)N2C1=O. The molecule has 4 rings (SSSR count). The van der Waals surface area contributed by atoms with E-state index in [9.17, 15) is 19.7 Å². The molecule has 2 atom stereocenters. The Bertz CT molecular complexity index is 1150. The quantitative estimate of drug-likeness (QED) is 0.367. The third-order valence-electron chi connectivity index (χ3n) is 5.35. The van der Waals surface area contributed by atoms with Gasteiger partial charge in [-0.3, -0.25) is 19.8 Å². The van der Waals surface area contributed by atoms with Crippen LogP contribution in [-0.2, 0) is 20.9 Å². The van der Waals surface area contributed by atoms with Crippen molar-refractivity contribution in [2.75, 3.05) is 0 Å². The fourth-order valence-electron chi connectivity index (χ4n) is 3.77. The molecule has 0 unspecified atom stereocenters. The Morgan fingerprint density at radius 1 is 1.22 bits per heavy atom. The summed E-state index contributed by atoms with van der Waals surface area (Å²) in [5.41, 5.74) is 1.81. The fourth-order valence-corrected chi connectivity index (χ4v) is 4.91. The van der Waals surface area contributed by atoms with E-state index >= 15 is 0 Å². The summed E-state index contributed by atoms with van der Waals surface area (Å²) in [5, 5.41) is 11.5. The Morgan fingerprint density at radius 3 is 2.66 bits per heavy atom. The second kappa shape index (κ2) is 8.96. The van der Waals surface area contributed by atoms with E-state index in [0.29, 0.717) is 22.8 Å². The fraction of sp³-hybridized carbons (Fsp3) is 0.261. The summed E-state index contributed by atoms with van der Waals surface area (Å²) in [6, 6.07) is 14.4. The maximum absolute atomic E-state index is 13.2. The van der Waals surface area contributed by atoms with Crippen LogP contribution in [0.4, 0.5) is 5.69 Å². The molecule has 2 aromatic carbocycles. The van der Waals surface area contributed by atoms with Crippen molar-refractivity contribution in [1.82, 2.24) is 4.90 Å². The van der Waals surface area contributed by atoms with E-state index in [-0.39, 0.29) is 29.0 Å². The van der Waals surface area contributed by atoms with Crippen molar-refractivity contribution in [2.45, 2.75) is 38.2 Å². The van der Waals surface area contributed by atoms with Gasteiger partial charge in [-0.15, -0.1) is 0 Å². The molecule has 1 amide bonds. The predicted octanol–water partition coefficient (Wildman–Crippen LogP) is 4.38. The number of amides is 1. The monoisotopic (exact) mass is 451 g/mol. The molecule has 0 bridgehead atoms. The Balaban J connectivity index is 1.75. The number of non-ortho nitro benzene ring substituents is 1. The summed E-state index contributed by atoms with van der Waals surface area (Å²) in [6.45, 7) is 3.67. The van der Waals surface area contributed by atoms with Gasteiger partial charge in [0.1, 0.15) is 6.61 Å². The highest BCUT2D eigenvalue weighted by Gasteiger charge is 2.47. The van der Waals surface area contributed by atoms with E-state index in [0.717, 1.165) is 5.56 Å². The van der Waals surface area contributed by atoms with E-state index in [1.807, 2.05) is 37.3 Å². The highest BCUT2D eigenvalue weighted by atomic mass is 32.2. The predicted molar refractivity (Wildman–Crippen MR) is 121 cm³/mol. The Hall–Kier alpha value is -3.46. The lowest BCUT2D eigenvalue weighted by Gasteiger charge is -2.33. The smallest absolute Gasteiger partial charge is 0.338 e. The second-order valence-electron chi connectivity index (χ2n) is 7.43. The van der Waals surface area contributed by atoms with Crippen molar-refractivity contribution in [3.8, 4) is 0 Å². The van der Waals surface area contributed by atoms with Crippen molar-refractivity contribution in [3.05, 3.63) is 87.1 Å². The number of carbonyl (C=O) groups excluding carboxylic acids is 2. The van der Waals surface area contributed by atoms with Crippen LogP contribution in [0.25, 0.3) is 0 Å². The highest BCUT2D eigenvalue weighted by Crippen LogP contribution is 2.44. The molecular weight excluding hydrogens is 430 g/mol. The molecule has 0 saturated carbocycles. The first-order valence-electron chi connectivity index (χ1n) is 10.1. The van der Waals surface area contributed by atoms with E-state index in [1.165, 1.54) is 28.8 Å². The summed E-state index contributed by atoms with van der Waals surface area (Å²) < 4.78 is 5.56. The summed E-state index contributed by atoms with van der Waals surface area (Å²) >= 11 is 1.35. The van der Waals surface area contributed by atoms with Gasteiger partial charge in [0.2, 0.25) is 5.91 Å². The molecular formula is C23H21N3O5S. The van der Waals surface area contributed by atoms with Crippen LogP contribution in [0.1, 0.15) is 37.4 Å². The van der Waals surface area contributed by atoms with E-state index in [1.54, 1.807) is 19.1 Å². The molecule has 0 spiro atoms. The van der Waals surface area contributed by atoms with Crippen LogP contribution in [-0.4, -0.2) is 32.1 Å². The van der Waals surface area contributed by atoms with Gasteiger partial charge in [0.15, 0.2) is 5.17 Å². The van der Waals surface area contributed by atoms with Gasteiger partial charge >= 0.3 is 5.97 Å².